The van der Waals surface area contributed by atoms with Crippen molar-refractivity contribution in [3.05, 3.63) is 41.9 Å². The van der Waals surface area contributed by atoms with E-state index in [-0.39, 0.29) is 11.7 Å². The predicted molar refractivity (Wildman–Crippen MR) is 62.4 cm³/mol. The highest BCUT2D eigenvalue weighted by atomic mass is 16.4. The summed E-state index contributed by atoms with van der Waals surface area (Å²) in [4.78, 5) is 23.5. The summed E-state index contributed by atoms with van der Waals surface area (Å²) < 4.78 is 1.49. The second-order valence-electron chi connectivity index (χ2n) is 3.90. The van der Waals surface area contributed by atoms with Gasteiger partial charge in [-0.2, -0.15) is 5.10 Å². The van der Waals surface area contributed by atoms with Crippen molar-refractivity contribution in [3.8, 4) is 0 Å². The van der Waals surface area contributed by atoms with Crippen LogP contribution in [0.5, 0.6) is 0 Å². The molecule has 1 aliphatic heterocycles. The summed E-state index contributed by atoms with van der Waals surface area (Å²) in [6.07, 6.45) is 7.33. The van der Waals surface area contributed by atoms with Crippen molar-refractivity contribution in [2.75, 3.05) is 7.05 Å². The normalized spacial score (nSPS) is 18.6. The lowest BCUT2D eigenvalue weighted by Gasteiger charge is -2.27. The minimum atomic E-state index is -1.03. The maximum absolute atomic E-state index is 11.0. The summed E-state index contributed by atoms with van der Waals surface area (Å²) in [5, 5.41) is 12.8. The Balaban J connectivity index is 2.23. The molecule has 0 radical (unpaired) electrons. The third-order valence-electron chi connectivity index (χ3n) is 2.61. The molecule has 0 spiro atoms. The third-order valence-corrected chi connectivity index (χ3v) is 2.61. The smallest absolute Gasteiger partial charge is 0.338 e. The van der Waals surface area contributed by atoms with Gasteiger partial charge in [-0.15, -0.1) is 0 Å². The van der Waals surface area contributed by atoms with Crippen LogP contribution in [0.4, 0.5) is 0 Å². The highest BCUT2D eigenvalue weighted by Crippen LogP contribution is 2.20. The molecular weight excluding hydrogens is 236 g/mol. The molecule has 0 saturated heterocycles. The van der Waals surface area contributed by atoms with Crippen LogP contribution in [0.1, 0.15) is 16.5 Å². The first-order chi connectivity index (χ1) is 8.49. The third kappa shape index (κ3) is 2.10. The summed E-state index contributed by atoms with van der Waals surface area (Å²) >= 11 is 0. The monoisotopic (exact) mass is 248 g/mol. The highest BCUT2D eigenvalue weighted by molar-refractivity contribution is 5.94. The topological polar surface area (TPSA) is 101 Å². The van der Waals surface area contributed by atoms with Gasteiger partial charge < -0.3 is 15.7 Å². The molecule has 0 aromatic carbocycles. The molecule has 3 N–H and O–H groups in total. The van der Waals surface area contributed by atoms with Gasteiger partial charge in [-0.3, -0.25) is 4.79 Å². The van der Waals surface area contributed by atoms with Gasteiger partial charge in [0.1, 0.15) is 6.17 Å². The fraction of sp³-hybridized carbons (Fsp3) is 0.182. The molecule has 0 fully saturated rings. The van der Waals surface area contributed by atoms with E-state index in [0.717, 1.165) is 0 Å². The Morgan fingerprint density at radius 3 is 2.72 bits per heavy atom. The molecule has 1 amide bonds. The Hall–Kier alpha value is -2.57. The lowest BCUT2D eigenvalue weighted by Crippen LogP contribution is -2.28. The van der Waals surface area contributed by atoms with Gasteiger partial charge >= 0.3 is 5.97 Å². The van der Waals surface area contributed by atoms with E-state index in [2.05, 4.69) is 5.10 Å². The number of amides is 1. The van der Waals surface area contributed by atoms with Crippen molar-refractivity contribution < 1.29 is 14.7 Å². The Bertz CT molecular complexity index is 558. The average Bonchev–Trinajstić information content (AvgIpc) is 2.78. The Kier molecular flexibility index (Phi) is 2.88. The van der Waals surface area contributed by atoms with Crippen molar-refractivity contribution in [2.45, 2.75) is 6.17 Å². The summed E-state index contributed by atoms with van der Waals surface area (Å²) in [6.45, 7) is 0. The zero-order valence-corrected chi connectivity index (χ0v) is 9.65. The molecule has 0 bridgehead atoms. The van der Waals surface area contributed by atoms with Gasteiger partial charge in [0.15, 0.2) is 0 Å². The number of nitrogens with two attached hydrogens (primary N) is 1. The SMILES string of the molecule is CN1C=C(C(N)=O)C=CC1n1cc(C(=O)O)cn1. The fourth-order valence-electron chi connectivity index (χ4n) is 1.68. The zero-order valence-electron chi connectivity index (χ0n) is 9.65. The maximum atomic E-state index is 11.0. The lowest BCUT2D eigenvalue weighted by atomic mass is 10.2. The van der Waals surface area contributed by atoms with Crippen LogP contribution in [0.25, 0.3) is 0 Å². The van der Waals surface area contributed by atoms with E-state index in [1.54, 1.807) is 30.3 Å². The first-order valence-corrected chi connectivity index (χ1v) is 5.18. The van der Waals surface area contributed by atoms with Crippen molar-refractivity contribution >= 4 is 11.9 Å². The van der Waals surface area contributed by atoms with Gasteiger partial charge in [0.25, 0.3) is 0 Å². The number of carbonyl (C=O) groups is 2. The Morgan fingerprint density at radius 2 is 2.22 bits per heavy atom. The van der Waals surface area contributed by atoms with E-state index in [9.17, 15) is 9.59 Å². The fourth-order valence-corrected chi connectivity index (χ4v) is 1.68. The molecule has 1 unspecified atom stereocenters. The van der Waals surface area contributed by atoms with Crippen LogP contribution >= 0.6 is 0 Å². The number of likely N-dealkylation sites (N-methyl/N-ethyl adjacent to an activating group) is 1. The van der Waals surface area contributed by atoms with Crippen LogP contribution in [0.2, 0.25) is 0 Å². The summed E-state index contributed by atoms with van der Waals surface area (Å²) in [7, 11) is 1.75. The van der Waals surface area contributed by atoms with Gasteiger partial charge in [-0.05, 0) is 12.2 Å². The first kappa shape index (κ1) is 11.9. The van der Waals surface area contributed by atoms with E-state index in [1.165, 1.54) is 17.1 Å². The van der Waals surface area contributed by atoms with Crippen molar-refractivity contribution in [1.29, 1.82) is 0 Å². The number of primary amides is 1. The number of aromatic nitrogens is 2. The number of carbonyl (C=O) groups excluding carboxylic acids is 1. The van der Waals surface area contributed by atoms with Crippen molar-refractivity contribution in [3.63, 3.8) is 0 Å². The van der Waals surface area contributed by atoms with Crippen LogP contribution in [0.15, 0.2) is 36.3 Å². The molecule has 18 heavy (non-hydrogen) atoms. The Labute approximate surface area is 103 Å². The molecule has 1 aromatic rings. The van der Waals surface area contributed by atoms with Gasteiger partial charge in [-0.1, -0.05) is 0 Å². The van der Waals surface area contributed by atoms with Crippen LogP contribution in [0, 0.1) is 0 Å². The predicted octanol–water partition coefficient (Wildman–Crippen LogP) is -0.0493. The molecular formula is C11H12N4O3. The number of hydrogen-bond acceptors (Lipinski definition) is 4. The maximum Gasteiger partial charge on any atom is 0.338 e. The molecule has 1 atom stereocenters. The molecule has 0 aliphatic carbocycles. The van der Waals surface area contributed by atoms with Crippen LogP contribution in [-0.4, -0.2) is 38.7 Å². The highest BCUT2D eigenvalue weighted by Gasteiger charge is 2.19. The van der Waals surface area contributed by atoms with Gasteiger partial charge in [-0.25, -0.2) is 9.48 Å². The summed E-state index contributed by atoms with van der Waals surface area (Å²) in [6, 6.07) is 0. The largest absolute Gasteiger partial charge is 0.478 e. The molecule has 1 aromatic heterocycles. The number of carboxylic acids is 1. The molecule has 2 heterocycles. The molecule has 7 nitrogen and oxygen atoms in total. The number of nitrogens with zero attached hydrogens (tertiary/aromatic N) is 3. The van der Waals surface area contributed by atoms with Crippen molar-refractivity contribution in [1.82, 2.24) is 14.7 Å². The number of hydrogen-bond donors (Lipinski definition) is 2. The molecule has 7 heteroatoms. The van der Waals surface area contributed by atoms with E-state index in [0.29, 0.717) is 5.57 Å². The Morgan fingerprint density at radius 1 is 1.50 bits per heavy atom. The second-order valence-corrected chi connectivity index (χ2v) is 3.90. The molecule has 1 aliphatic rings. The molecule has 2 rings (SSSR count). The molecule has 94 valence electrons. The van der Waals surface area contributed by atoms with Crippen molar-refractivity contribution in [2.24, 2.45) is 5.73 Å². The van der Waals surface area contributed by atoms with E-state index in [4.69, 9.17) is 10.8 Å². The second kappa shape index (κ2) is 4.36. The summed E-state index contributed by atoms with van der Waals surface area (Å²) in [5.41, 5.74) is 5.67. The summed E-state index contributed by atoms with van der Waals surface area (Å²) in [5.74, 6) is -1.54. The van der Waals surface area contributed by atoms with E-state index >= 15 is 0 Å². The van der Waals surface area contributed by atoms with E-state index in [1.807, 2.05) is 0 Å². The average molecular weight is 248 g/mol. The number of aromatic carboxylic acids is 1. The molecule has 0 saturated carbocycles. The standard InChI is InChI=1S/C11H12N4O3/c1-14-5-7(10(12)16)2-3-9(14)15-6-8(4-13-15)11(17)18/h2-6,9H,1H3,(H2,12,16)(H,17,18). The number of rotatable bonds is 3. The van der Waals surface area contributed by atoms with Crippen LogP contribution < -0.4 is 5.73 Å². The number of carboxylic acid groups (broad SMARTS) is 1. The zero-order chi connectivity index (χ0) is 13.3. The van der Waals surface area contributed by atoms with Crippen LogP contribution in [0.3, 0.4) is 0 Å². The minimum absolute atomic E-state index is 0.112. The van der Waals surface area contributed by atoms with Gasteiger partial charge in [0.05, 0.1) is 17.3 Å². The first-order valence-electron chi connectivity index (χ1n) is 5.18. The van der Waals surface area contributed by atoms with E-state index < -0.39 is 11.9 Å². The van der Waals surface area contributed by atoms with Gasteiger partial charge in [0.2, 0.25) is 5.91 Å². The van der Waals surface area contributed by atoms with Crippen LogP contribution in [-0.2, 0) is 4.79 Å². The minimum Gasteiger partial charge on any atom is -0.478 e. The lowest BCUT2D eigenvalue weighted by molar-refractivity contribution is -0.114. The van der Waals surface area contributed by atoms with Gasteiger partial charge in [0, 0.05) is 19.4 Å². The quantitative estimate of drug-likeness (QED) is 0.781.